The molecule has 0 saturated carbocycles. The van der Waals surface area contributed by atoms with Gasteiger partial charge in [0.05, 0.1) is 0 Å². The number of hydrogen-bond donors (Lipinski definition) is 0. The van der Waals surface area contributed by atoms with E-state index in [1.54, 1.807) is 22.9 Å². The molecule has 0 unspecified atom stereocenters. The molecule has 5 nitrogen and oxygen atoms in total. The van der Waals surface area contributed by atoms with Gasteiger partial charge in [0, 0.05) is 38.0 Å². The smallest absolute Gasteiger partial charge is 0.273 e. The second kappa shape index (κ2) is 4.83. The fraction of sp³-hybridized carbons (Fsp3) is 0.545. The second-order valence-corrected chi connectivity index (χ2v) is 5.19. The lowest BCUT2D eigenvalue weighted by atomic mass is 10.3. The number of aromatic nitrogens is 1. The molecule has 2 amide bonds. The van der Waals surface area contributed by atoms with Gasteiger partial charge in [-0.15, -0.1) is 0 Å². The summed E-state index contributed by atoms with van der Waals surface area (Å²) in [6, 6.07) is 1.80. The Morgan fingerprint density at radius 3 is 2.82 bits per heavy atom. The van der Waals surface area contributed by atoms with Crippen LogP contribution < -0.4 is 0 Å². The first-order valence-corrected chi connectivity index (χ1v) is 6.32. The number of carbonyl (C=O) groups excluding carboxylic acids is 2. The van der Waals surface area contributed by atoms with Crippen molar-refractivity contribution in [2.45, 2.75) is 13.3 Å². The zero-order valence-corrected chi connectivity index (χ0v) is 10.8. The van der Waals surface area contributed by atoms with E-state index in [4.69, 9.17) is 0 Å². The Morgan fingerprint density at radius 2 is 2.18 bits per heavy atom. The molecule has 0 aromatic carbocycles. The van der Waals surface area contributed by atoms with Crippen molar-refractivity contribution in [2.75, 3.05) is 26.7 Å². The minimum Gasteiger partial charge on any atom is -0.344 e. The van der Waals surface area contributed by atoms with Crippen molar-refractivity contribution in [1.29, 1.82) is 0 Å². The summed E-state index contributed by atoms with van der Waals surface area (Å²) < 4.78 is 4.11. The maximum absolute atomic E-state index is 12.1. The molecule has 0 N–H and O–H groups in total. The van der Waals surface area contributed by atoms with E-state index in [-0.39, 0.29) is 11.8 Å². The molecule has 0 atom stereocenters. The summed E-state index contributed by atoms with van der Waals surface area (Å²) in [5, 5.41) is 0. The monoisotopic (exact) mass is 253 g/mol. The van der Waals surface area contributed by atoms with Gasteiger partial charge < -0.3 is 9.80 Å². The summed E-state index contributed by atoms with van der Waals surface area (Å²) in [5.74, 6) is 0.0206. The Morgan fingerprint density at radius 1 is 1.41 bits per heavy atom. The Kier molecular flexibility index (Phi) is 3.42. The molecule has 0 spiro atoms. The Balaban J connectivity index is 2.07. The summed E-state index contributed by atoms with van der Waals surface area (Å²) in [6.07, 6.45) is 0.394. The fourth-order valence-electron chi connectivity index (χ4n) is 1.76. The molecule has 6 heteroatoms. The van der Waals surface area contributed by atoms with Crippen LogP contribution in [0.3, 0.4) is 0 Å². The van der Waals surface area contributed by atoms with Crippen LogP contribution in [0.1, 0.15) is 21.8 Å². The first kappa shape index (κ1) is 12.0. The molecule has 1 aromatic heterocycles. The Labute approximate surface area is 104 Å². The van der Waals surface area contributed by atoms with Gasteiger partial charge in [0.1, 0.15) is 5.69 Å². The van der Waals surface area contributed by atoms with Crippen LogP contribution in [0.2, 0.25) is 0 Å². The summed E-state index contributed by atoms with van der Waals surface area (Å²) >= 11 is 1.33. The third kappa shape index (κ3) is 2.63. The van der Waals surface area contributed by atoms with Gasteiger partial charge in [0.25, 0.3) is 5.91 Å². The van der Waals surface area contributed by atoms with Gasteiger partial charge in [-0.2, -0.15) is 4.37 Å². The van der Waals surface area contributed by atoms with Gasteiger partial charge in [-0.05, 0) is 24.5 Å². The molecular formula is C11H15N3O2S. The van der Waals surface area contributed by atoms with Gasteiger partial charge in [0.2, 0.25) is 5.91 Å². The summed E-state index contributed by atoms with van der Waals surface area (Å²) in [6.45, 7) is 3.58. The zero-order valence-electron chi connectivity index (χ0n) is 9.97. The number of nitrogens with zero attached hydrogens (tertiary/aromatic N) is 3. The van der Waals surface area contributed by atoms with Crippen LogP contribution in [-0.4, -0.2) is 52.7 Å². The predicted molar refractivity (Wildman–Crippen MR) is 65.0 cm³/mol. The number of hydrogen-bond acceptors (Lipinski definition) is 4. The van der Waals surface area contributed by atoms with Crippen LogP contribution >= 0.6 is 11.5 Å². The topological polar surface area (TPSA) is 53.5 Å². The number of carbonyl (C=O) groups is 2. The minimum atomic E-state index is -0.0718. The van der Waals surface area contributed by atoms with E-state index < -0.39 is 0 Å². The van der Waals surface area contributed by atoms with Crippen molar-refractivity contribution in [1.82, 2.24) is 14.2 Å². The largest absolute Gasteiger partial charge is 0.344 e. The third-order valence-electron chi connectivity index (χ3n) is 2.86. The highest BCUT2D eigenvalue weighted by Gasteiger charge is 2.23. The van der Waals surface area contributed by atoms with Crippen molar-refractivity contribution < 1.29 is 9.59 Å². The second-order valence-electron chi connectivity index (χ2n) is 4.18. The van der Waals surface area contributed by atoms with Crippen molar-refractivity contribution in [3.8, 4) is 0 Å². The molecule has 1 aliphatic heterocycles. The average molecular weight is 253 g/mol. The average Bonchev–Trinajstić information content (AvgIpc) is 2.67. The lowest BCUT2D eigenvalue weighted by Gasteiger charge is -2.18. The third-order valence-corrected chi connectivity index (χ3v) is 3.55. The van der Waals surface area contributed by atoms with Gasteiger partial charge in [0.15, 0.2) is 0 Å². The summed E-state index contributed by atoms with van der Waals surface area (Å²) in [4.78, 5) is 28.0. The summed E-state index contributed by atoms with van der Waals surface area (Å²) in [5.41, 5.74) is 0.490. The van der Waals surface area contributed by atoms with E-state index in [1.165, 1.54) is 11.5 Å². The minimum absolute atomic E-state index is 0.0718. The molecule has 2 rings (SSSR count). The normalized spacial score (nSPS) is 17.2. The van der Waals surface area contributed by atoms with Crippen LogP contribution in [0, 0.1) is 6.92 Å². The van der Waals surface area contributed by atoms with Crippen LogP contribution in [0.15, 0.2) is 6.07 Å². The van der Waals surface area contributed by atoms with E-state index in [0.29, 0.717) is 31.7 Å². The molecule has 1 aromatic rings. The molecule has 1 fully saturated rings. The van der Waals surface area contributed by atoms with E-state index in [9.17, 15) is 9.59 Å². The van der Waals surface area contributed by atoms with Crippen molar-refractivity contribution in [3.05, 3.63) is 16.6 Å². The van der Waals surface area contributed by atoms with Gasteiger partial charge in [-0.3, -0.25) is 9.59 Å². The van der Waals surface area contributed by atoms with Gasteiger partial charge >= 0.3 is 0 Å². The van der Waals surface area contributed by atoms with E-state index in [0.717, 1.165) is 4.88 Å². The number of amides is 2. The van der Waals surface area contributed by atoms with Crippen LogP contribution in [-0.2, 0) is 4.79 Å². The quantitative estimate of drug-likeness (QED) is 0.742. The maximum Gasteiger partial charge on any atom is 0.273 e. The van der Waals surface area contributed by atoms with E-state index in [1.807, 2.05) is 6.92 Å². The fourth-order valence-corrected chi connectivity index (χ4v) is 2.30. The molecule has 0 aliphatic carbocycles. The highest BCUT2D eigenvalue weighted by Crippen LogP contribution is 2.12. The first-order valence-electron chi connectivity index (χ1n) is 5.54. The SMILES string of the molecule is Cc1cc(C(=O)N2CCC(=O)N(C)CC2)ns1. The van der Waals surface area contributed by atoms with Gasteiger partial charge in [-0.25, -0.2) is 0 Å². The van der Waals surface area contributed by atoms with Crippen LogP contribution in [0.25, 0.3) is 0 Å². The number of rotatable bonds is 1. The number of likely N-dealkylation sites (N-methyl/N-ethyl adjacent to an activating group) is 1. The number of aryl methyl sites for hydroxylation is 1. The van der Waals surface area contributed by atoms with Crippen molar-refractivity contribution >= 4 is 23.3 Å². The predicted octanol–water partition coefficient (Wildman–Crippen LogP) is 0.756. The van der Waals surface area contributed by atoms with Crippen LogP contribution in [0.4, 0.5) is 0 Å². The van der Waals surface area contributed by atoms with Crippen LogP contribution in [0.5, 0.6) is 0 Å². The maximum atomic E-state index is 12.1. The highest BCUT2D eigenvalue weighted by molar-refractivity contribution is 7.05. The zero-order chi connectivity index (χ0) is 12.4. The molecule has 1 aliphatic rings. The first-order chi connectivity index (χ1) is 8.08. The summed E-state index contributed by atoms with van der Waals surface area (Å²) in [7, 11) is 1.77. The lowest BCUT2D eigenvalue weighted by Crippen LogP contribution is -2.34. The lowest BCUT2D eigenvalue weighted by molar-refractivity contribution is -0.129. The van der Waals surface area contributed by atoms with E-state index in [2.05, 4.69) is 4.37 Å². The Hall–Kier alpha value is -1.43. The van der Waals surface area contributed by atoms with Gasteiger partial charge in [-0.1, -0.05) is 0 Å². The van der Waals surface area contributed by atoms with E-state index >= 15 is 0 Å². The standard InChI is InChI=1S/C11H15N3O2S/c1-8-7-9(12-17-8)11(16)14-4-3-10(15)13(2)5-6-14/h7H,3-6H2,1-2H3. The highest BCUT2D eigenvalue weighted by atomic mass is 32.1. The van der Waals surface area contributed by atoms with Crippen molar-refractivity contribution in [2.24, 2.45) is 0 Å². The molecule has 2 heterocycles. The molecule has 0 radical (unpaired) electrons. The molecular weight excluding hydrogens is 238 g/mol. The molecule has 0 bridgehead atoms. The molecule has 1 saturated heterocycles. The molecule has 92 valence electrons. The van der Waals surface area contributed by atoms with Crippen molar-refractivity contribution in [3.63, 3.8) is 0 Å². The molecule has 17 heavy (non-hydrogen) atoms. The Bertz CT molecular complexity index is 444.